The van der Waals surface area contributed by atoms with Crippen LogP contribution in [0.25, 0.3) is 0 Å². The zero-order chi connectivity index (χ0) is 13.8. The Morgan fingerprint density at radius 3 is 2.47 bits per heavy atom. The third-order valence-electron chi connectivity index (χ3n) is 4.98. The summed E-state index contributed by atoms with van der Waals surface area (Å²) in [7, 11) is 0. The summed E-state index contributed by atoms with van der Waals surface area (Å²) in [5.74, 6) is 1.85. The van der Waals surface area contributed by atoms with Gasteiger partial charge in [0.2, 0.25) is 0 Å². The normalized spacial score (nSPS) is 32.1. The number of aliphatic hydroxyl groups is 1. The van der Waals surface area contributed by atoms with Gasteiger partial charge in [-0.1, -0.05) is 26.7 Å². The van der Waals surface area contributed by atoms with Crippen molar-refractivity contribution in [3.05, 3.63) is 0 Å². The van der Waals surface area contributed by atoms with Gasteiger partial charge >= 0.3 is 0 Å². The molecule has 2 aliphatic rings. The van der Waals surface area contributed by atoms with Crippen LogP contribution in [0.15, 0.2) is 0 Å². The second kappa shape index (κ2) is 7.05. The van der Waals surface area contributed by atoms with E-state index in [0.29, 0.717) is 17.9 Å². The van der Waals surface area contributed by atoms with E-state index in [1.807, 2.05) is 0 Å². The molecule has 3 nitrogen and oxygen atoms in total. The van der Waals surface area contributed by atoms with Crippen LogP contribution in [0.5, 0.6) is 0 Å². The third-order valence-corrected chi connectivity index (χ3v) is 4.98. The Morgan fingerprint density at radius 2 is 1.84 bits per heavy atom. The lowest BCUT2D eigenvalue weighted by molar-refractivity contribution is 0.0618. The molecule has 1 aliphatic carbocycles. The van der Waals surface area contributed by atoms with E-state index in [0.717, 1.165) is 31.8 Å². The highest BCUT2D eigenvalue weighted by Crippen LogP contribution is 2.28. The minimum absolute atomic E-state index is 0.163. The van der Waals surface area contributed by atoms with Crippen molar-refractivity contribution in [1.82, 2.24) is 4.90 Å². The number of aliphatic hydroxyl groups excluding tert-OH is 1. The Labute approximate surface area is 118 Å². The largest absolute Gasteiger partial charge is 0.393 e. The van der Waals surface area contributed by atoms with Crippen molar-refractivity contribution in [2.24, 2.45) is 23.5 Å². The fraction of sp³-hybridized carbons (Fsp3) is 1.00. The molecule has 1 heterocycles. The van der Waals surface area contributed by atoms with Gasteiger partial charge in [-0.2, -0.15) is 0 Å². The average molecular weight is 268 g/mol. The summed E-state index contributed by atoms with van der Waals surface area (Å²) in [5, 5.41) is 10.1. The van der Waals surface area contributed by atoms with Gasteiger partial charge in [0.25, 0.3) is 0 Å². The number of likely N-dealkylation sites (tertiary alicyclic amines) is 1. The number of piperidine rings is 1. The van der Waals surface area contributed by atoms with E-state index in [9.17, 15) is 5.11 Å². The molecule has 0 bridgehead atoms. The predicted molar refractivity (Wildman–Crippen MR) is 79.9 cm³/mol. The Kier molecular flexibility index (Phi) is 5.67. The minimum atomic E-state index is -0.163. The van der Waals surface area contributed by atoms with Gasteiger partial charge in [-0.05, 0) is 43.4 Å². The number of nitrogens with two attached hydrogens (primary N) is 1. The van der Waals surface area contributed by atoms with E-state index in [2.05, 4.69) is 18.7 Å². The summed E-state index contributed by atoms with van der Waals surface area (Å²) in [5.41, 5.74) is 6.22. The summed E-state index contributed by atoms with van der Waals surface area (Å²) >= 11 is 0. The lowest BCUT2D eigenvalue weighted by atomic mass is 9.86. The van der Waals surface area contributed by atoms with Gasteiger partial charge in [-0.3, -0.25) is 0 Å². The molecule has 1 saturated carbocycles. The molecule has 0 radical (unpaired) electrons. The molecule has 0 amide bonds. The quantitative estimate of drug-likeness (QED) is 0.804. The van der Waals surface area contributed by atoms with E-state index in [1.54, 1.807) is 0 Å². The molecular formula is C16H32N2O. The summed E-state index contributed by atoms with van der Waals surface area (Å²) in [6.07, 6.45) is 7.50. The van der Waals surface area contributed by atoms with Crippen LogP contribution in [0.4, 0.5) is 0 Å². The highest BCUT2D eigenvalue weighted by molar-refractivity contribution is 4.85. The number of hydrogen-bond acceptors (Lipinski definition) is 3. The van der Waals surface area contributed by atoms with Gasteiger partial charge in [0.1, 0.15) is 0 Å². The lowest BCUT2D eigenvalue weighted by Gasteiger charge is -2.38. The van der Waals surface area contributed by atoms with E-state index in [1.165, 1.54) is 32.2 Å². The molecule has 0 aromatic rings. The summed E-state index contributed by atoms with van der Waals surface area (Å²) < 4.78 is 0. The maximum atomic E-state index is 10.1. The van der Waals surface area contributed by atoms with Crippen molar-refractivity contribution in [2.75, 3.05) is 19.6 Å². The molecule has 3 N–H and O–H groups in total. The van der Waals surface area contributed by atoms with Crippen LogP contribution in [0.3, 0.4) is 0 Å². The van der Waals surface area contributed by atoms with E-state index in [-0.39, 0.29) is 6.10 Å². The first-order chi connectivity index (χ1) is 9.04. The zero-order valence-corrected chi connectivity index (χ0v) is 12.7. The van der Waals surface area contributed by atoms with Crippen molar-refractivity contribution >= 4 is 0 Å². The van der Waals surface area contributed by atoms with E-state index >= 15 is 0 Å². The van der Waals surface area contributed by atoms with Crippen molar-refractivity contribution in [2.45, 2.75) is 64.5 Å². The minimum Gasteiger partial charge on any atom is -0.393 e. The van der Waals surface area contributed by atoms with Crippen LogP contribution in [0.2, 0.25) is 0 Å². The van der Waals surface area contributed by atoms with Crippen LogP contribution < -0.4 is 5.73 Å². The Hall–Kier alpha value is -0.120. The van der Waals surface area contributed by atoms with Gasteiger partial charge in [-0.15, -0.1) is 0 Å². The molecule has 19 heavy (non-hydrogen) atoms. The molecule has 1 aliphatic heterocycles. The van der Waals surface area contributed by atoms with Gasteiger partial charge in [0.15, 0.2) is 0 Å². The molecule has 112 valence electrons. The first-order valence-electron chi connectivity index (χ1n) is 8.20. The van der Waals surface area contributed by atoms with Crippen LogP contribution in [-0.4, -0.2) is 41.8 Å². The summed E-state index contributed by atoms with van der Waals surface area (Å²) in [4.78, 5) is 2.57. The molecule has 3 unspecified atom stereocenters. The molecule has 0 spiro atoms. The van der Waals surface area contributed by atoms with Crippen molar-refractivity contribution in [3.8, 4) is 0 Å². The molecule has 2 rings (SSSR count). The van der Waals surface area contributed by atoms with E-state index in [4.69, 9.17) is 5.73 Å². The fourth-order valence-corrected chi connectivity index (χ4v) is 3.84. The van der Waals surface area contributed by atoms with Crippen molar-refractivity contribution in [3.63, 3.8) is 0 Å². The Bertz CT molecular complexity index is 251. The highest BCUT2D eigenvalue weighted by atomic mass is 16.3. The first-order valence-corrected chi connectivity index (χ1v) is 8.20. The van der Waals surface area contributed by atoms with Crippen LogP contribution in [-0.2, 0) is 0 Å². The van der Waals surface area contributed by atoms with Gasteiger partial charge in [0.05, 0.1) is 6.10 Å². The van der Waals surface area contributed by atoms with Crippen LogP contribution in [0.1, 0.15) is 52.4 Å². The number of rotatable bonds is 5. The van der Waals surface area contributed by atoms with E-state index < -0.39 is 0 Å². The maximum absolute atomic E-state index is 10.1. The highest BCUT2D eigenvalue weighted by Gasteiger charge is 2.29. The molecule has 2 fully saturated rings. The topological polar surface area (TPSA) is 49.5 Å². The van der Waals surface area contributed by atoms with Crippen molar-refractivity contribution < 1.29 is 5.11 Å². The molecule has 1 saturated heterocycles. The Morgan fingerprint density at radius 1 is 1.16 bits per heavy atom. The summed E-state index contributed by atoms with van der Waals surface area (Å²) in [6, 6.07) is 0.305. The van der Waals surface area contributed by atoms with Crippen molar-refractivity contribution in [1.29, 1.82) is 0 Å². The number of nitrogens with zero attached hydrogens (tertiary/aromatic N) is 1. The van der Waals surface area contributed by atoms with Gasteiger partial charge < -0.3 is 15.7 Å². The Balaban J connectivity index is 1.81. The number of hydrogen-bond donors (Lipinski definition) is 2. The summed E-state index contributed by atoms with van der Waals surface area (Å²) in [6.45, 7) is 7.65. The van der Waals surface area contributed by atoms with Gasteiger partial charge in [0, 0.05) is 25.7 Å². The van der Waals surface area contributed by atoms with Crippen LogP contribution >= 0.6 is 0 Å². The van der Waals surface area contributed by atoms with Gasteiger partial charge in [-0.25, -0.2) is 0 Å². The second-order valence-electron chi connectivity index (χ2n) is 7.28. The molecular weight excluding hydrogens is 236 g/mol. The molecule has 0 aromatic carbocycles. The SMILES string of the molecule is CC(C)C(O)CC1CC(N)CN(CC2CCCC2)C1. The second-order valence-corrected chi connectivity index (χ2v) is 7.28. The fourth-order valence-electron chi connectivity index (χ4n) is 3.84. The monoisotopic (exact) mass is 268 g/mol. The lowest BCUT2D eigenvalue weighted by Crippen LogP contribution is -2.49. The van der Waals surface area contributed by atoms with Crippen LogP contribution in [0, 0.1) is 17.8 Å². The maximum Gasteiger partial charge on any atom is 0.0566 e. The standard InChI is InChI=1S/C16H32N2O/c1-12(2)16(19)8-14-7-15(17)11-18(10-14)9-13-5-3-4-6-13/h12-16,19H,3-11,17H2,1-2H3. The molecule has 3 heteroatoms. The predicted octanol–water partition coefficient (Wildman–Crippen LogP) is 2.23. The first kappa shape index (κ1) is 15.3. The zero-order valence-electron chi connectivity index (χ0n) is 12.7. The molecule has 0 aromatic heterocycles. The molecule has 3 atom stereocenters. The third kappa shape index (κ3) is 4.73. The smallest absolute Gasteiger partial charge is 0.0566 e. The average Bonchev–Trinajstić information content (AvgIpc) is 2.80.